The minimum atomic E-state index is 0.261. The maximum atomic E-state index is 8.72. The third-order valence-corrected chi connectivity index (χ3v) is 2.92. The molecule has 0 bridgehead atoms. The molecule has 1 heteroatoms. The lowest BCUT2D eigenvalue weighted by Gasteiger charge is -2.17. The van der Waals surface area contributed by atoms with Gasteiger partial charge in [-0.25, -0.2) is 0 Å². The Balaban J connectivity index is 2.50. The van der Waals surface area contributed by atoms with Gasteiger partial charge in [0.25, 0.3) is 0 Å². The molecule has 0 radical (unpaired) electrons. The molecule has 0 aliphatic heterocycles. The number of hydrogen-bond donors (Lipinski definition) is 0. The third kappa shape index (κ3) is 1.96. The second-order valence-electron chi connectivity index (χ2n) is 4.58. The largest absolute Gasteiger partial charge is 0.198 e. The highest BCUT2D eigenvalue weighted by atomic mass is 14.4. The molecule has 0 saturated heterocycles. The molecule has 2 unspecified atom stereocenters. The van der Waals surface area contributed by atoms with Crippen LogP contribution in [0.5, 0.6) is 0 Å². The van der Waals surface area contributed by atoms with Gasteiger partial charge in [-0.1, -0.05) is 13.8 Å². The third-order valence-electron chi connectivity index (χ3n) is 2.92. The van der Waals surface area contributed by atoms with Gasteiger partial charge in [-0.3, -0.25) is 0 Å². The molecule has 0 heterocycles. The maximum Gasteiger partial charge on any atom is 0.0655 e. The van der Waals surface area contributed by atoms with Gasteiger partial charge in [0, 0.05) is 5.92 Å². The Labute approximate surface area is 69.4 Å². The zero-order valence-electron chi connectivity index (χ0n) is 7.72. The molecule has 1 fully saturated rings. The van der Waals surface area contributed by atoms with Crippen molar-refractivity contribution < 1.29 is 0 Å². The fourth-order valence-corrected chi connectivity index (χ4v) is 2.02. The summed E-state index contributed by atoms with van der Waals surface area (Å²) in [7, 11) is 0. The van der Waals surface area contributed by atoms with E-state index in [0.29, 0.717) is 11.3 Å². The van der Waals surface area contributed by atoms with E-state index < -0.39 is 0 Å². The topological polar surface area (TPSA) is 23.8 Å². The Morgan fingerprint density at radius 2 is 2.18 bits per heavy atom. The zero-order valence-corrected chi connectivity index (χ0v) is 7.72. The average molecular weight is 151 g/mol. The van der Waals surface area contributed by atoms with Crippen LogP contribution in [-0.4, -0.2) is 0 Å². The number of rotatable bonds is 1. The van der Waals surface area contributed by atoms with Gasteiger partial charge in [0.2, 0.25) is 0 Å². The average Bonchev–Trinajstić information content (AvgIpc) is 2.29. The van der Waals surface area contributed by atoms with Gasteiger partial charge in [0.05, 0.1) is 6.07 Å². The Morgan fingerprint density at radius 3 is 2.55 bits per heavy atom. The van der Waals surface area contributed by atoms with Crippen molar-refractivity contribution in [3.8, 4) is 6.07 Å². The van der Waals surface area contributed by atoms with Gasteiger partial charge in [0.1, 0.15) is 0 Å². The van der Waals surface area contributed by atoms with Crippen molar-refractivity contribution in [2.24, 2.45) is 17.3 Å². The number of hydrogen-bond acceptors (Lipinski definition) is 1. The normalized spacial score (nSPS) is 31.3. The Bertz CT molecular complexity index is 176. The summed E-state index contributed by atoms with van der Waals surface area (Å²) in [6, 6.07) is 2.34. The van der Waals surface area contributed by atoms with Crippen LogP contribution in [0.1, 0.15) is 40.0 Å². The lowest BCUT2D eigenvalue weighted by Crippen LogP contribution is -2.09. The molecule has 0 aromatic heterocycles. The van der Waals surface area contributed by atoms with Crippen molar-refractivity contribution in [2.75, 3.05) is 0 Å². The number of nitriles is 1. The summed E-state index contributed by atoms with van der Waals surface area (Å²) in [4.78, 5) is 0. The van der Waals surface area contributed by atoms with Crippen LogP contribution in [0.25, 0.3) is 0 Å². The standard InChI is InChI=1S/C10H17N/c1-8(7-11)9-4-5-10(2,3)6-9/h8-9H,4-6H2,1-3H3. The molecule has 62 valence electrons. The molecule has 1 aliphatic rings. The summed E-state index contributed by atoms with van der Waals surface area (Å²) in [6.07, 6.45) is 3.78. The minimum Gasteiger partial charge on any atom is -0.198 e. The smallest absolute Gasteiger partial charge is 0.0655 e. The number of nitrogens with zero attached hydrogens (tertiary/aromatic N) is 1. The van der Waals surface area contributed by atoms with Crippen LogP contribution in [0.3, 0.4) is 0 Å². The van der Waals surface area contributed by atoms with Gasteiger partial charge in [-0.2, -0.15) is 5.26 Å². The fraction of sp³-hybridized carbons (Fsp3) is 0.900. The summed E-state index contributed by atoms with van der Waals surface area (Å²) < 4.78 is 0. The van der Waals surface area contributed by atoms with E-state index in [4.69, 9.17) is 5.26 Å². The SMILES string of the molecule is CC(C#N)C1CCC(C)(C)C1. The van der Waals surface area contributed by atoms with Crippen molar-refractivity contribution in [3.63, 3.8) is 0 Å². The Kier molecular flexibility index (Phi) is 2.23. The van der Waals surface area contributed by atoms with Crippen LogP contribution >= 0.6 is 0 Å². The molecule has 1 rings (SSSR count). The van der Waals surface area contributed by atoms with Crippen molar-refractivity contribution in [3.05, 3.63) is 0 Å². The molecule has 11 heavy (non-hydrogen) atoms. The molecule has 0 amide bonds. The van der Waals surface area contributed by atoms with Gasteiger partial charge < -0.3 is 0 Å². The van der Waals surface area contributed by atoms with E-state index >= 15 is 0 Å². The maximum absolute atomic E-state index is 8.72. The first-order valence-electron chi connectivity index (χ1n) is 4.45. The summed E-state index contributed by atoms with van der Waals surface area (Å²) >= 11 is 0. The highest BCUT2D eigenvalue weighted by Crippen LogP contribution is 2.43. The van der Waals surface area contributed by atoms with Crippen LogP contribution in [-0.2, 0) is 0 Å². The van der Waals surface area contributed by atoms with E-state index in [2.05, 4.69) is 19.9 Å². The van der Waals surface area contributed by atoms with Crippen molar-refractivity contribution in [1.82, 2.24) is 0 Å². The first-order chi connectivity index (χ1) is 5.05. The highest BCUT2D eigenvalue weighted by Gasteiger charge is 2.33. The minimum absolute atomic E-state index is 0.261. The van der Waals surface area contributed by atoms with Gasteiger partial charge >= 0.3 is 0 Å². The van der Waals surface area contributed by atoms with Crippen LogP contribution in [0.2, 0.25) is 0 Å². The molecule has 0 aromatic carbocycles. The van der Waals surface area contributed by atoms with Crippen LogP contribution in [0, 0.1) is 28.6 Å². The lowest BCUT2D eigenvalue weighted by atomic mass is 9.87. The summed E-state index contributed by atoms with van der Waals surface area (Å²) in [5.74, 6) is 0.923. The fourth-order valence-electron chi connectivity index (χ4n) is 2.02. The van der Waals surface area contributed by atoms with Crippen LogP contribution in [0.15, 0.2) is 0 Å². The van der Waals surface area contributed by atoms with E-state index in [9.17, 15) is 0 Å². The van der Waals surface area contributed by atoms with E-state index in [1.54, 1.807) is 0 Å². The predicted octanol–water partition coefficient (Wildman–Crippen LogP) is 2.97. The molecule has 0 N–H and O–H groups in total. The quantitative estimate of drug-likeness (QED) is 0.565. The summed E-state index contributed by atoms with van der Waals surface area (Å²) in [6.45, 7) is 6.65. The highest BCUT2D eigenvalue weighted by molar-refractivity contribution is 4.92. The van der Waals surface area contributed by atoms with E-state index in [1.165, 1.54) is 19.3 Å². The van der Waals surface area contributed by atoms with Gasteiger partial charge in [-0.15, -0.1) is 0 Å². The molecule has 1 nitrogen and oxygen atoms in total. The monoisotopic (exact) mass is 151 g/mol. The van der Waals surface area contributed by atoms with Crippen molar-refractivity contribution >= 4 is 0 Å². The molecule has 1 aliphatic carbocycles. The van der Waals surface area contributed by atoms with E-state index in [1.807, 2.05) is 6.92 Å². The predicted molar refractivity (Wildman–Crippen MR) is 45.9 cm³/mol. The first-order valence-corrected chi connectivity index (χ1v) is 4.45. The van der Waals surface area contributed by atoms with Crippen molar-refractivity contribution in [2.45, 2.75) is 40.0 Å². The van der Waals surface area contributed by atoms with Crippen LogP contribution in [0.4, 0.5) is 0 Å². The van der Waals surface area contributed by atoms with Crippen LogP contribution < -0.4 is 0 Å². The molecule has 2 atom stereocenters. The Morgan fingerprint density at radius 1 is 1.55 bits per heavy atom. The second-order valence-corrected chi connectivity index (χ2v) is 4.58. The first kappa shape index (κ1) is 8.59. The van der Waals surface area contributed by atoms with E-state index in [-0.39, 0.29) is 5.92 Å². The van der Waals surface area contributed by atoms with Crippen molar-refractivity contribution in [1.29, 1.82) is 5.26 Å². The van der Waals surface area contributed by atoms with Gasteiger partial charge in [-0.05, 0) is 37.5 Å². The molecular formula is C10H17N. The lowest BCUT2D eigenvalue weighted by molar-refractivity contribution is 0.339. The molecular weight excluding hydrogens is 134 g/mol. The zero-order chi connectivity index (χ0) is 8.48. The molecule has 1 saturated carbocycles. The summed E-state index contributed by atoms with van der Waals surface area (Å²) in [5, 5.41) is 8.72. The van der Waals surface area contributed by atoms with Gasteiger partial charge in [0.15, 0.2) is 0 Å². The Hall–Kier alpha value is -0.510. The molecule has 0 spiro atoms. The summed E-state index contributed by atoms with van der Waals surface area (Å²) in [5.41, 5.74) is 0.496. The molecule has 0 aromatic rings. The van der Waals surface area contributed by atoms with E-state index in [0.717, 1.165) is 0 Å². The second kappa shape index (κ2) is 2.85.